The van der Waals surface area contributed by atoms with Gasteiger partial charge in [-0.1, -0.05) is 41.3 Å². The second kappa shape index (κ2) is 7.36. The summed E-state index contributed by atoms with van der Waals surface area (Å²) < 4.78 is 6.10. The Morgan fingerprint density at radius 1 is 1.03 bits per heavy atom. The van der Waals surface area contributed by atoms with Crippen molar-refractivity contribution in [3.8, 4) is 0 Å². The molecule has 1 saturated heterocycles. The fraction of sp³-hybridized carbons (Fsp3) is 0.636. The van der Waals surface area contributed by atoms with E-state index < -0.39 is 18.5 Å². The molecule has 1 saturated carbocycles. The third-order valence-electron chi connectivity index (χ3n) is 7.76. The number of hydrogen-bond acceptors (Lipinski definition) is 5. The highest BCUT2D eigenvalue weighted by Crippen LogP contribution is 2.64. The summed E-state index contributed by atoms with van der Waals surface area (Å²) in [5.41, 5.74) is 3.68. The summed E-state index contributed by atoms with van der Waals surface area (Å²) in [5.74, 6) is -0.427. The Labute approximate surface area is 177 Å². The zero-order valence-corrected chi connectivity index (χ0v) is 17.6. The van der Waals surface area contributed by atoms with Gasteiger partial charge in [0.2, 0.25) is 0 Å². The molecule has 3 aliphatic carbocycles. The van der Waals surface area contributed by atoms with Crippen molar-refractivity contribution in [1.29, 1.82) is 0 Å². The normalized spacial score (nSPS) is 36.4. The Kier molecular flexibility index (Phi) is 5.09. The maximum atomic E-state index is 9.76. The molecule has 0 aromatic heterocycles. The van der Waals surface area contributed by atoms with Gasteiger partial charge in [-0.3, -0.25) is 0 Å². The van der Waals surface area contributed by atoms with Crippen molar-refractivity contribution in [2.24, 2.45) is 11.8 Å². The fourth-order valence-corrected chi connectivity index (χ4v) is 6.63. The van der Waals surface area contributed by atoms with E-state index in [0.717, 1.165) is 31.2 Å². The summed E-state index contributed by atoms with van der Waals surface area (Å²) in [6, 6.07) is 5.22. The van der Waals surface area contributed by atoms with Crippen LogP contribution in [0.4, 0.5) is 0 Å². The van der Waals surface area contributed by atoms with E-state index in [2.05, 4.69) is 0 Å². The van der Waals surface area contributed by atoms with Gasteiger partial charge in [0.25, 0.3) is 5.79 Å². The van der Waals surface area contributed by atoms with Crippen LogP contribution >= 0.6 is 11.6 Å². The van der Waals surface area contributed by atoms with Gasteiger partial charge in [-0.25, -0.2) is 4.89 Å². The van der Waals surface area contributed by atoms with Crippen LogP contribution in [0, 0.1) is 11.8 Å². The van der Waals surface area contributed by atoms with Gasteiger partial charge < -0.3 is 14.8 Å². The molecule has 2 N–H and O–H groups in total. The number of hydrogen-bond donors (Lipinski definition) is 2. The molecule has 29 heavy (non-hydrogen) atoms. The van der Waals surface area contributed by atoms with E-state index in [1.807, 2.05) is 6.07 Å². The molecule has 1 aromatic rings. The minimum Gasteiger partial charge on any atom is -0.423 e. The molecule has 156 valence electrons. The van der Waals surface area contributed by atoms with Crippen LogP contribution < -0.4 is 5.46 Å². The third kappa shape index (κ3) is 2.80. The summed E-state index contributed by atoms with van der Waals surface area (Å²) in [5, 5.41) is 19.8. The lowest BCUT2D eigenvalue weighted by Gasteiger charge is -2.62. The molecule has 3 unspecified atom stereocenters. The SMILES string of the molecule is COC1(c2ccc(Cl)c(B(O)O)c2)OOC12C1CCCC2CC2=C(CCCC2)C1. The van der Waals surface area contributed by atoms with Crippen molar-refractivity contribution in [2.75, 3.05) is 7.11 Å². The van der Waals surface area contributed by atoms with Crippen LogP contribution in [0.1, 0.15) is 63.4 Å². The Bertz CT molecular complexity index is 810. The highest BCUT2D eigenvalue weighted by atomic mass is 35.5. The molecule has 5 nitrogen and oxygen atoms in total. The Hall–Kier alpha value is -0.885. The van der Waals surface area contributed by atoms with Gasteiger partial charge in [-0.2, -0.15) is 4.89 Å². The van der Waals surface area contributed by atoms with Crippen molar-refractivity contribution in [3.05, 3.63) is 39.9 Å². The van der Waals surface area contributed by atoms with Crippen LogP contribution in [-0.4, -0.2) is 29.9 Å². The lowest BCUT2D eigenvalue weighted by Crippen LogP contribution is -2.73. The van der Waals surface area contributed by atoms with Crippen LogP contribution in [0.25, 0.3) is 0 Å². The van der Waals surface area contributed by atoms with E-state index in [1.54, 1.807) is 30.4 Å². The first-order valence-corrected chi connectivity index (χ1v) is 11.2. The Morgan fingerprint density at radius 2 is 1.69 bits per heavy atom. The molecule has 0 radical (unpaired) electrons. The molecule has 1 heterocycles. The molecule has 3 atom stereocenters. The fourth-order valence-electron chi connectivity index (χ4n) is 6.42. The molecule has 2 fully saturated rings. The van der Waals surface area contributed by atoms with Crippen LogP contribution in [0.5, 0.6) is 0 Å². The average Bonchev–Trinajstić information content (AvgIpc) is 2.77. The summed E-state index contributed by atoms with van der Waals surface area (Å²) in [7, 11) is -0.00192. The number of methoxy groups -OCH3 is 1. The monoisotopic (exact) mass is 418 g/mol. The van der Waals surface area contributed by atoms with Crippen molar-refractivity contribution in [1.82, 2.24) is 0 Å². The largest absolute Gasteiger partial charge is 0.489 e. The van der Waals surface area contributed by atoms with Gasteiger partial charge in [0.1, 0.15) is 0 Å². The first kappa shape index (κ1) is 20.0. The standard InChI is InChI=1S/C22H28BClO5/c1-27-22(18-9-10-20(24)19(13-18)23(25)26)21(28-29-22)16-7-4-8-17(21)12-15-6-3-2-5-14(15)11-16/h9-10,13,16-17,25-26H,2-8,11-12H2,1H3. The molecule has 2 bridgehead atoms. The highest BCUT2D eigenvalue weighted by molar-refractivity contribution is 6.62. The minimum atomic E-state index is -1.66. The van der Waals surface area contributed by atoms with Crippen molar-refractivity contribution in [3.63, 3.8) is 0 Å². The number of ether oxygens (including phenoxy) is 1. The topological polar surface area (TPSA) is 68.2 Å². The van der Waals surface area contributed by atoms with Crippen molar-refractivity contribution >= 4 is 24.2 Å². The van der Waals surface area contributed by atoms with E-state index in [1.165, 1.54) is 32.1 Å². The highest BCUT2D eigenvalue weighted by Gasteiger charge is 2.73. The predicted octanol–water partition coefficient (Wildman–Crippen LogP) is 3.60. The zero-order chi connectivity index (χ0) is 20.2. The van der Waals surface area contributed by atoms with E-state index in [4.69, 9.17) is 26.1 Å². The second-order valence-corrected chi connectivity index (χ2v) is 9.44. The molecule has 5 rings (SSSR count). The first-order chi connectivity index (χ1) is 14.0. The molecule has 1 spiro atoms. The lowest BCUT2D eigenvalue weighted by atomic mass is 9.60. The van der Waals surface area contributed by atoms with Crippen LogP contribution in [0.3, 0.4) is 0 Å². The van der Waals surface area contributed by atoms with Crippen LogP contribution in [0.15, 0.2) is 29.3 Å². The molecule has 1 aromatic carbocycles. The van der Waals surface area contributed by atoms with Crippen LogP contribution in [-0.2, 0) is 20.3 Å². The predicted molar refractivity (Wildman–Crippen MR) is 110 cm³/mol. The van der Waals surface area contributed by atoms with Gasteiger partial charge in [0.15, 0.2) is 5.60 Å². The van der Waals surface area contributed by atoms with E-state index in [9.17, 15) is 10.0 Å². The van der Waals surface area contributed by atoms with Gasteiger partial charge >= 0.3 is 7.12 Å². The Morgan fingerprint density at radius 3 is 2.21 bits per heavy atom. The summed E-state index contributed by atoms with van der Waals surface area (Å²) >= 11 is 6.19. The quantitative estimate of drug-likeness (QED) is 0.446. The number of halogens is 1. The van der Waals surface area contributed by atoms with Crippen LogP contribution in [0.2, 0.25) is 5.02 Å². The van der Waals surface area contributed by atoms with Crippen molar-refractivity contribution < 1.29 is 24.6 Å². The maximum absolute atomic E-state index is 9.76. The lowest BCUT2D eigenvalue weighted by molar-refractivity contribution is -0.639. The number of allylic oxidation sites excluding steroid dienone is 2. The molecule has 0 amide bonds. The minimum absolute atomic E-state index is 0.252. The third-order valence-corrected chi connectivity index (χ3v) is 8.11. The molecular formula is C22H28BClO5. The smallest absolute Gasteiger partial charge is 0.423 e. The van der Waals surface area contributed by atoms with Gasteiger partial charge in [-0.15, -0.1) is 0 Å². The molecular weight excluding hydrogens is 391 g/mol. The average molecular weight is 419 g/mol. The molecule has 7 heteroatoms. The number of benzene rings is 1. The van der Waals surface area contributed by atoms with E-state index >= 15 is 0 Å². The van der Waals surface area contributed by atoms with Gasteiger partial charge in [0.05, 0.1) is 0 Å². The molecule has 1 aliphatic heterocycles. The second-order valence-electron chi connectivity index (χ2n) is 9.04. The van der Waals surface area contributed by atoms with Crippen molar-refractivity contribution in [2.45, 2.75) is 69.2 Å². The summed E-state index contributed by atoms with van der Waals surface area (Å²) in [6.07, 6.45) is 10.4. The zero-order valence-electron chi connectivity index (χ0n) is 16.8. The van der Waals surface area contributed by atoms with E-state index in [-0.39, 0.29) is 5.46 Å². The number of rotatable bonds is 3. The van der Waals surface area contributed by atoms with Gasteiger partial charge in [0, 0.05) is 35.0 Å². The maximum Gasteiger partial charge on any atom is 0.489 e. The van der Waals surface area contributed by atoms with Gasteiger partial charge in [-0.05, 0) is 57.4 Å². The summed E-state index contributed by atoms with van der Waals surface area (Å²) in [6.45, 7) is 0. The Balaban J connectivity index is 1.60. The summed E-state index contributed by atoms with van der Waals surface area (Å²) in [4.78, 5) is 11.9. The first-order valence-electron chi connectivity index (χ1n) is 10.8. The molecule has 4 aliphatic rings. The van der Waals surface area contributed by atoms with E-state index in [0.29, 0.717) is 16.9 Å².